The minimum Gasteiger partial charge on any atom is -0.481 e. The van der Waals surface area contributed by atoms with E-state index in [1.54, 1.807) is 6.07 Å². The van der Waals surface area contributed by atoms with Crippen molar-refractivity contribution >= 4 is 5.97 Å². The third-order valence-electron chi connectivity index (χ3n) is 2.14. The molecule has 0 aliphatic rings. The third-order valence-corrected chi connectivity index (χ3v) is 2.14. The van der Waals surface area contributed by atoms with E-state index in [1.165, 1.54) is 12.3 Å². The van der Waals surface area contributed by atoms with Crippen LogP contribution >= 0.6 is 0 Å². The summed E-state index contributed by atoms with van der Waals surface area (Å²) < 4.78 is 10.5. The molecule has 0 radical (unpaired) electrons. The summed E-state index contributed by atoms with van der Waals surface area (Å²) in [5, 5.41) is 16.5. The molecule has 0 saturated carbocycles. The van der Waals surface area contributed by atoms with Gasteiger partial charge in [-0.15, -0.1) is 10.2 Å². The second-order valence-electron chi connectivity index (χ2n) is 3.39. The average Bonchev–Trinajstić information content (AvgIpc) is 2.84. The number of nitrogens with zero attached hydrogens (tertiary/aromatic N) is 3. The Bertz CT molecular complexity index is 553. The van der Waals surface area contributed by atoms with Crippen LogP contribution in [-0.4, -0.2) is 26.3 Å². The second-order valence-corrected chi connectivity index (χ2v) is 3.39. The number of rotatable bonds is 5. The molecule has 0 bridgehead atoms. The summed E-state index contributed by atoms with van der Waals surface area (Å²) in [6.07, 6.45) is 2.03. The molecule has 0 atom stereocenters. The Morgan fingerprint density at radius 1 is 1.44 bits per heavy atom. The lowest BCUT2D eigenvalue weighted by atomic mass is 10.3. The summed E-state index contributed by atoms with van der Waals surface area (Å²) in [5.74, 6) is -0.170. The molecular formula is C11H11N3O4. The largest absolute Gasteiger partial charge is 0.481 e. The van der Waals surface area contributed by atoms with Crippen LogP contribution < -0.4 is 4.74 Å². The van der Waals surface area contributed by atoms with Crippen molar-refractivity contribution in [2.24, 2.45) is 0 Å². The van der Waals surface area contributed by atoms with E-state index < -0.39 is 5.97 Å². The van der Waals surface area contributed by atoms with Crippen molar-refractivity contribution in [3.63, 3.8) is 0 Å². The van der Waals surface area contributed by atoms with Crippen molar-refractivity contribution in [1.82, 2.24) is 15.2 Å². The molecule has 2 heterocycles. The highest BCUT2D eigenvalue weighted by Gasteiger charge is 2.13. The lowest BCUT2D eigenvalue weighted by Crippen LogP contribution is -2.05. The van der Waals surface area contributed by atoms with Crippen molar-refractivity contribution in [3.8, 4) is 5.75 Å². The first-order chi connectivity index (χ1) is 8.70. The maximum atomic E-state index is 10.9. The van der Waals surface area contributed by atoms with E-state index in [4.69, 9.17) is 14.3 Å². The Kier molecular flexibility index (Phi) is 3.52. The minimum atomic E-state index is -1.15. The van der Waals surface area contributed by atoms with Gasteiger partial charge < -0.3 is 14.3 Å². The van der Waals surface area contributed by atoms with Gasteiger partial charge in [0.1, 0.15) is 0 Å². The number of hydrogen-bond acceptors (Lipinski definition) is 6. The molecule has 18 heavy (non-hydrogen) atoms. The summed E-state index contributed by atoms with van der Waals surface area (Å²) in [5.41, 5.74) is -0.146. The van der Waals surface area contributed by atoms with Gasteiger partial charge in [-0.05, 0) is 12.1 Å². The molecule has 0 fully saturated rings. The van der Waals surface area contributed by atoms with Crippen molar-refractivity contribution in [3.05, 3.63) is 35.8 Å². The van der Waals surface area contributed by atoms with Crippen molar-refractivity contribution in [1.29, 1.82) is 0 Å². The van der Waals surface area contributed by atoms with E-state index in [-0.39, 0.29) is 18.1 Å². The Labute approximate surface area is 102 Å². The zero-order valence-electron chi connectivity index (χ0n) is 9.66. The van der Waals surface area contributed by atoms with Gasteiger partial charge in [-0.2, -0.15) is 0 Å². The van der Waals surface area contributed by atoms with Crippen LogP contribution in [0.4, 0.5) is 0 Å². The van der Waals surface area contributed by atoms with Crippen LogP contribution in [0.5, 0.6) is 5.75 Å². The number of aryl methyl sites for hydroxylation is 1. The number of aromatic carboxylic acids is 1. The standard InChI is InChI=1S/C11H11N3O4/c1-2-8-13-14-9(18-8)6-17-7-4-3-5-12-10(7)11(15)16/h3-5H,2,6H2,1H3,(H,15,16). The van der Waals surface area contributed by atoms with Crippen molar-refractivity contribution in [2.75, 3.05) is 0 Å². The highest BCUT2D eigenvalue weighted by molar-refractivity contribution is 5.88. The fourth-order valence-electron chi connectivity index (χ4n) is 1.30. The zero-order chi connectivity index (χ0) is 13.0. The van der Waals surface area contributed by atoms with Gasteiger partial charge in [0.2, 0.25) is 5.89 Å². The first-order valence-electron chi connectivity index (χ1n) is 5.33. The summed E-state index contributed by atoms with van der Waals surface area (Å²) in [6.45, 7) is 1.90. The van der Waals surface area contributed by atoms with Gasteiger partial charge in [0.05, 0.1) is 0 Å². The van der Waals surface area contributed by atoms with Crippen molar-refractivity contribution in [2.45, 2.75) is 20.0 Å². The molecule has 0 spiro atoms. The molecule has 1 N–H and O–H groups in total. The Hall–Kier alpha value is -2.44. The molecular weight excluding hydrogens is 238 g/mol. The summed E-state index contributed by atoms with van der Waals surface area (Å²) in [7, 11) is 0. The number of aromatic nitrogens is 3. The van der Waals surface area contributed by atoms with Crippen molar-refractivity contribution < 1.29 is 19.1 Å². The van der Waals surface area contributed by atoms with Crippen LogP contribution in [0.1, 0.15) is 29.2 Å². The first kappa shape index (κ1) is 12.0. The van der Waals surface area contributed by atoms with Gasteiger partial charge in [-0.1, -0.05) is 6.92 Å². The fourth-order valence-corrected chi connectivity index (χ4v) is 1.30. The molecule has 0 aliphatic carbocycles. The Morgan fingerprint density at radius 3 is 2.89 bits per heavy atom. The molecule has 0 aromatic carbocycles. The smallest absolute Gasteiger partial charge is 0.358 e. The Balaban J connectivity index is 2.08. The Morgan fingerprint density at radius 2 is 2.22 bits per heavy atom. The topological polar surface area (TPSA) is 98.3 Å². The number of carboxylic acid groups (broad SMARTS) is 1. The van der Waals surface area contributed by atoms with E-state index in [1.807, 2.05) is 6.92 Å². The van der Waals surface area contributed by atoms with E-state index >= 15 is 0 Å². The molecule has 0 saturated heterocycles. The van der Waals surface area contributed by atoms with E-state index in [9.17, 15) is 4.79 Å². The van der Waals surface area contributed by atoms with Gasteiger partial charge in [-0.3, -0.25) is 0 Å². The molecule has 2 aromatic rings. The van der Waals surface area contributed by atoms with Gasteiger partial charge >= 0.3 is 5.97 Å². The highest BCUT2D eigenvalue weighted by Crippen LogP contribution is 2.16. The number of carboxylic acids is 1. The number of ether oxygens (including phenoxy) is 1. The van der Waals surface area contributed by atoms with E-state index in [2.05, 4.69) is 15.2 Å². The maximum Gasteiger partial charge on any atom is 0.358 e. The predicted molar refractivity (Wildman–Crippen MR) is 59.2 cm³/mol. The highest BCUT2D eigenvalue weighted by atomic mass is 16.5. The van der Waals surface area contributed by atoms with Gasteiger partial charge in [0.25, 0.3) is 5.89 Å². The second kappa shape index (κ2) is 5.26. The summed E-state index contributed by atoms with van der Waals surface area (Å²) in [6, 6.07) is 3.11. The number of pyridine rings is 1. The van der Waals surface area contributed by atoms with Crippen LogP contribution in [0.2, 0.25) is 0 Å². The average molecular weight is 249 g/mol. The fraction of sp³-hybridized carbons (Fsp3) is 0.273. The third kappa shape index (κ3) is 2.62. The normalized spacial score (nSPS) is 10.3. The number of hydrogen-bond donors (Lipinski definition) is 1. The molecule has 2 aromatic heterocycles. The molecule has 0 aliphatic heterocycles. The quantitative estimate of drug-likeness (QED) is 0.852. The van der Waals surface area contributed by atoms with Gasteiger partial charge in [0, 0.05) is 12.6 Å². The van der Waals surface area contributed by atoms with Gasteiger partial charge in [0.15, 0.2) is 18.1 Å². The van der Waals surface area contributed by atoms with Crippen LogP contribution in [0, 0.1) is 0 Å². The predicted octanol–water partition coefficient (Wildman–Crippen LogP) is 1.30. The lowest BCUT2D eigenvalue weighted by molar-refractivity contribution is 0.0684. The molecule has 7 nitrogen and oxygen atoms in total. The molecule has 2 rings (SSSR count). The summed E-state index contributed by atoms with van der Waals surface area (Å²) in [4.78, 5) is 14.6. The summed E-state index contributed by atoms with van der Waals surface area (Å²) >= 11 is 0. The van der Waals surface area contributed by atoms with E-state index in [0.717, 1.165) is 0 Å². The molecule has 0 unspecified atom stereocenters. The van der Waals surface area contributed by atoms with Crippen LogP contribution in [0.15, 0.2) is 22.7 Å². The van der Waals surface area contributed by atoms with Gasteiger partial charge in [-0.25, -0.2) is 9.78 Å². The first-order valence-corrected chi connectivity index (χ1v) is 5.33. The minimum absolute atomic E-state index is 0.0129. The molecule has 7 heteroatoms. The van der Waals surface area contributed by atoms with E-state index in [0.29, 0.717) is 18.2 Å². The maximum absolute atomic E-state index is 10.9. The lowest BCUT2D eigenvalue weighted by Gasteiger charge is -2.05. The zero-order valence-corrected chi connectivity index (χ0v) is 9.66. The number of carbonyl (C=O) groups is 1. The van der Waals surface area contributed by atoms with Crippen LogP contribution in [0.3, 0.4) is 0 Å². The molecule has 94 valence electrons. The molecule has 0 amide bonds. The van der Waals surface area contributed by atoms with Crippen LogP contribution in [0.25, 0.3) is 0 Å². The van der Waals surface area contributed by atoms with Crippen LogP contribution in [-0.2, 0) is 13.0 Å². The SMILES string of the molecule is CCc1nnc(COc2cccnc2C(=O)O)o1. The monoisotopic (exact) mass is 249 g/mol.